The van der Waals surface area contributed by atoms with E-state index in [1.165, 1.54) is 6.42 Å². The lowest BCUT2D eigenvalue weighted by molar-refractivity contribution is -0.147. The van der Waals surface area contributed by atoms with Crippen LogP contribution in [0, 0.1) is 0 Å². The molecule has 0 radical (unpaired) electrons. The lowest BCUT2D eigenvalue weighted by Gasteiger charge is -2.16. The second kappa shape index (κ2) is 20.5. The fraction of sp³-hybridized carbons (Fsp3) is 0.773. The lowest BCUT2D eigenvalue weighted by Crippen LogP contribution is -2.24. The molecule has 3 atom stereocenters. The van der Waals surface area contributed by atoms with Gasteiger partial charge in [0, 0.05) is 6.42 Å². The third-order valence-electron chi connectivity index (χ3n) is 4.32. The molecule has 0 rings (SSSR count). The molecule has 0 fully saturated rings. The summed E-state index contributed by atoms with van der Waals surface area (Å²) in [6.07, 6.45) is 15.7. The zero-order chi connectivity index (χ0) is 24.1. The highest BCUT2D eigenvalue weighted by Crippen LogP contribution is 2.43. The second-order valence-corrected chi connectivity index (χ2v) is 8.96. The molecule has 0 aromatic rings. The molecule has 0 aliphatic carbocycles. The van der Waals surface area contributed by atoms with Gasteiger partial charge in [-0.15, -0.1) is 0 Å². The molecule has 188 valence electrons. The molecule has 9 nitrogen and oxygen atoms in total. The molecule has 0 heterocycles. The van der Waals surface area contributed by atoms with Gasteiger partial charge in [0.25, 0.3) is 0 Å². The van der Waals surface area contributed by atoms with Crippen LogP contribution in [0.5, 0.6) is 0 Å². The van der Waals surface area contributed by atoms with Gasteiger partial charge in [-0.25, -0.2) is 4.57 Å². The molecule has 3 unspecified atom stereocenters. The number of hydrogen-bond donors (Lipinski definition) is 4. The number of allylic oxidation sites excluding steroid dienone is 4. The molecule has 0 amide bonds. The van der Waals surface area contributed by atoms with E-state index in [4.69, 9.17) is 14.9 Å². The Balaban J connectivity index is 3.64. The third-order valence-corrected chi connectivity index (χ3v) is 5.27. The van der Waals surface area contributed by atoms with Gasteiger partial charge in [0.05, 0.1) is 19.8 Å². The number of aliphatic hydroxyl groups excluding tert-OH is 3. The van der Waals surface area contributed by atoms with Crippen molar-refractivity contribution >= 4 is 13.8 Å². The van der Waals surface area contributed by atoms with Crippen molar-refractivity contribution in [1.82, 2.24) is 0 Å². The summed E-state index contributed by atoms with van der Waals surface area (Å²) >= 11 is 0. The van der Waals surface area contributed by atoms with Crippen molar-refractivity contribution in [2.24, 2.45) is 0 Å². The standard InChI is InChI=1S/C22H41O9P/c1-2-3-4-5-6-7-8-9-10-11-12-13-14-15-22(26)29-17-21(25)19-31-32(27,28)30-18-20(24)16-23/h4-5,7-8,20-21,23-25H,2-3,6,9-19H2,1H3,(H,27,28)/b5-4-,8-7-. The van der Waals surface area contributed by atoms with Crippen molar-refractivity contribution < 1.29 is 43.4 Å². The Morgan fingerprint density at radius 3 is 2.12 bits per heavy atom. The van der Waals surface area contributed by atoms with Gasteiger partial charge in [0.15, 0.2) is 0 Å². The first-order chi connectivity index (χ1) is 15.3. The normalized spacial score (nSPS) is 15.8. The van der Waals surface area contributed by atoms with Crippen molar-refractivity contribution in [1.29, 1.82) is 0 Å². The quantitative estimate of drug-likeness (QED) is 0.0841. The number of carbonyl (C=O) groups excluding carboxylic acids is 1. The van der Waals surface area contributed by atoms with E-state index in [1.54, 1.807) is 0 Å². The molecule has 32 heavy (non-hydrogen) atoms. The number of carbonyl (C=O) groups is 1. The molecular formula is C22H41O9P. The number of hydrogen-bond acceptors (Lipinski definition) is 8. The topological polar surface area (TPSA) is 143 Å². The average Bonchev–Trinajstić information content (AvgIpc) is 2.77. The maximum atomic E-state index is 11.7. The summed E-state index contributed by atoms with van der Waals surface area (Å²) in [5.74, 6) is -0.447. The average molecular weight is 481 g/mol. The van der Waals surface area contributed by atoms with Crippen LogP contribution in [0.1, 0.15) is 71.1 Å². The highest BCUT2D eigenvalue weighted by atomic mass is 31.2. The van der Waals surface area contributed by atoms with Crippen LogP contribution in [0.3, 0.4) is 0 Å². The largest absolute Gasteiger partial charge is 0.472 e. The van der Waals surface area contributed by atoms with Crippen LogP contribution in [0.25, 0.3) is 0 Å². The van der Waals surface area contributed by atoms with Crippen LogP contribution in [-0.2, 0) is 23.1 Å². The monoisotopic (exact) mass is 480 g/mol. The van der Waals surface area contributed by atoms with E-state index in [-0.39, 0.29) is 13.0 Å². The van der Waals surface area contributed by atoms with Crippen molar-refractivity contribution in [3.63, 3.8) is 0 Å². The minimum atomic E-state index is -4.48. The Bertz CT molecular complexity index is 566. The van der Waals surface area contributed by atoms with Crippen molar-refractivity contribution in [3.8, 4) is 0 Å². The highest BCUT2D eigenvalue weighted by Gasteiger charge is 2.24. The zero-order valence-electron chi connectivity index (χ0n) is 19.1. The minimum Gasteiger partial charge on any atom is -0.463 e. The van der Waals surface area contributed by atoms with Gasteiger partial charge in [-0.2, -0.15) is 0 Å². The molecule has 10 heteroatoms. The second-order valence-electron chi connectivity index (χ2n) is 7.51. The van der Waals surface area contributed by atoms with Gasteiger partial charge < -0.3 is 24.9 Å². The maximum Gasteiger partial charge on any atom is 0.472 e. The highest BCUT2D eigenvalue weighted by molar-refractivity contribution is 7.47. The van der Waals surface area contributed by atoms with E-state index in [2.05, 4.69) is 40.3 Å². The van der Waals surface area contributed by atoms with Gasteiger partial charge in [0.1, 0.15) is 18.8 Å². The molecule has 0 aromatic heterocycles. The number of rotatable bonds is 21. The Labute approximate surface area is 191 Å². The van der Waals surface area contributed by atoms with Crippen molar-refractivity contribution in [2.75, 3.05) is 26.4 Å². The number of ether oxygens (including phenoxy) is 1. The van der Waals surface area contributed by atoms with Crippen LogP contribution >= 0.6 is 7.82 Å². The molecule has 0 aliphatic rings. The molecule has 0 aliphatic heterocycles. The molecule has 0 saturated carbocycles. The number of aliphatic hydroxyl groups is 3. The summed E-state index contributed by atoms with van der Waals surface area (Å²) in [4.78, 5) is 21.1. The first-order valence-corrected chi connectivity index (χ1v) is 12.8. The van der Waals surface area contributed by atoms with Crippen LogP contribution in [0.4, 0.5) is 0 Å². The summed E-state index contributed by atoms with van der Waals surface area (Å²) in [5.41, 5.74) is 0. The van der Waals surface area contributed by atoms with Crippen LogP contribution in [0.15, 0.2) is 24.3 Å². The fourth-order valence-corrected chi connectivity index (χ4v) is 3.29. The molecule has 0 aromatic carbocycles. The number of esters is 1. The van der Waals surface area contributed by atoms with Crippen molar-refractivity contribution in [2.45, 2.75) is 83.3 Å². The van der Waals surface area contributed by atoms with E-state index in [9.17, 15) is 19.4 Å². The summed E-state index contributed by atoms with van der Waals surface area (Å²) in [7, 11) is -4.48. The van der Waals surface area contributed by atoms with Crippen LogP contribution < -0.4 is 0 Å². The first-order valence-electron chi connectivity index (χ1n) is 11.3. The van der Waals surface area contributed by atoms with Gasteiger partial charge in [-0.05, 0) is 32.1 Å². The smallest absolute Gasteiger partial charge is 0.463 e. The predicted octanol–water partition coefficient (Wildman–Crippen LogP) is 3.41. The zero-order valence-corrected chi connectivity index (χ0v) is 20.0. The number of phosphoric ester groups is 1. The van der Waals surface area contributed by atoms with Gasteiger partial charge in [0.2, 0.25) is 0 Å². The van der Waals surface area contributed by atoms with E-state index >= 15 is 0 Å². The van der Waals surface area contributed by atoms with E-state index in [0.29, 0.717) is 6.42 Å². The molecule has 0 spiro atoms. The Morgan fingerprint density at radius 1 is 0.875 bits per heavy atom. The van der Waals surface area contributed by atoms with Crippen LogP contribution in [0.2, 0.25) is 0 Å². The molecule has 0 bridgehead atoms. The predicted molar refractivity (Wildman–Crippen MR) is 122 cm³/mol. The lowest BCUT2D eigenvalue weighted by atomic mass is 10.1. The Kier molecular flexibility index (Phi) is 19.9. The minimum absolute atomic E-state index is 0.248. The number of unbranched alkanes of at least 4 members (excludes halogenated alkanes) is 6. The van der Waals surface area contributed by atoms with Crippen molar-refractivity contribution in [3.05, 3.63) is 24.3 Å². The van der Waals surface area contributed by atoms with Gasteiger partial charge in [-0.3, -0.25) is 13.8 Å². The van der Waals surface area contributed by atoms with Gasteiger partial charge >= 0.3 is 13.8 Å². The van der Waals surface area contributed by atoms with E-state index in [1.807, 2.05) is 0 Å². The fourth-order valence-electron chi connectivity index (χ4n) is 2.50. The van der Waals surface area contributed by atoms with E-state index in [0.717, 1.165) is 44.9 Å². The maximum absolute atomic E-state index is 11.7. The SMILES string of the molecule is CCC/C=C\C/C=C\CCCCCCCC(=O)OCC(O)COP(=O)(O)OCC(O)CO. The Morgan fingerprint density at radius 2 is 1.47 bits per heavy atom. The molecule has 4 N–H and O–H groups in total. The molecular weight excluding hydrogens is 439 g/mol. The van der Waals surface area contributed by atoms with E-state index < -0.39 is 45.8 Å². The summed E-state index contributed by atoms with van der Waals surface area (Å²) < 4.78 is 25.4. The first kappa shape index (κ1) is 30.9. The third kappa shape index (κ3) is 20.8. The number of phosphoric acid groups is 1. The summed E-state index contributed by atoms with van der Waals surface area (Å²) in [6.45, 7) is -0.00794. The summed E-state index contributed by atoms with van der Waals surface area (Å²) in [6, 6.07) is 0. The van der Waals surface area contributed by atoms with Crippen LogP contribution in [-0.4, -0.2) is 64.8 Å². The van der Waals surface area contributed by atoms with Gasteiger partial charge in [-0.1, -0.05) is 56.9 Å². The summed E-state index contributed by atoms with van der Waals surface area (Å²) in [5, 5.41) is 27.4. The Hall–Kier alpha value is -1.06. The molecule has 0 saturated heterocycles.